The van der Waals surface area contributed by atoms with Gasteiger partial charge in [-0.25, -0.2) is 0 Å². The minimum Gasteiger partial charge on any atom is -0.402 e. The third-order valence-electron chi connectivity index (χ3n) is 5.14. The van der Waals surface area contributed by atoms with E-state index < -0.39 is 39.7 Å². The van der Waals surface area contributed by atoms with Gasteiger partial charge in [-0.3, -0.25) is 0 Å². The van der Waals surface area contributed by atoms with Crippen molar-refractivity contribution in [2.24, 2.45) is 0 Å². The monoisotopic (exact) mass is 424 g/mol. The zero-order valence-electron chi connectivity index (χ0n) is 14.0. The summed E-state index contributed by atoms with van der Waals surface area (Å²) in [7, 11) is -1.06. The van der Waals surface area contributed by atoms with Crippen molar-refractivity contribution in [1.82, 2.24) is 0 Å². The second kappa shape index (κ2) is 4.96. The summed E-state index contributed by atoms with van der Waals surface area (Å²) < 4.78 is 23.6. The van der Waals surface area contributed by atoms with Crippen molar-refractivity contribution < 1.29 is 18.6 Å². The molecule has 0 unspecified atom stereocenters. The van der Waals surface area contributed by atoms with Crippen LogP contribution in [0.5, 0.6) is 0 Å². The van der Waals surface area contributed by atoms with Gasteiger partial charge in [-0.2, -0.15) is 0 Å². The summed E-state index contributed by atoms with van der Waals surface area (Å²) in [6, 6.07) is 0. The van der Waals surface area contributed by atoms with Crippen LogP contribution >= 0.6 is 31.9 Å². The normalized spacial score (nSPS) is 30.0. The SMILES string of the molecule is CC1(C)OB(C(Br)(Br)B2OC(C)(C)C(C)(C)O2)OC1(C)C. The van der Waals surface area contributed by atoms with Crippen LogP contribution in [0.3, 0.4) is 0 Å². The van der Waals surface area contributed by atoms with Crippen molar-refractivity contribution in [3.63, 3.8) is 0 Å². The van der Waals surface area contributed by atoms with E-state index in [2.05, 4.69) is 31.9 Å². The topological polar surface area (TPSA) is 36.9 Å². The largest absolute Gasteiger partial charge is 0.484 e. The zero-order chi connectivity index (χ0) is 16.5. The minimum absolute atomic E-state index is 0.409. The van der Waals surface area contributed by atoms with Gasteiger partial charge < -0.3 is 18.6 Å². The summed E-state index contributed by atoms with van der Waals surface area (Å²) >= 11 is 7.32. The van der Waals surface area contributed by atoms with Gasteiger partial charge in [-0.05, 0) is 55.4 Å². The van der Waals surface area contributed by atoms with Crippen LogP contribution in [0.1, 0.15) is 55.4 Å². The van der Waals surface area contributed by atoms with Crippen molar-refractivity contribution in [2.75, 3.05) is 0 Å². The number of hydrogen-bond acceptors (Lipinski definition) is 4. The molecule has 0 aromatic heterocycles. The predicted octanol–water partition coefficient (Wildman–Crippen LogP) is 3.74. The Labute approximate surface area is 145 Å². The van der Waals surface area contributed by atoms with E-state index in [4.69, 9.17) is 18.6 Å². The van der Waals surface area contributed by atoms with E-state index in [1.165, 1.54) is 0 Å². The molecule has 0 saturated carbocycles. The molecule has 0 aliphatic carbocycles. The quantitative estimate of drug-likeness (QED) is 0.499. The van der Waals surface area contributed by atoms with Crippen molar-refractivity contribution in [1.29, 1.82) is 0 Å². The van der Waals surface area contributed by atoms with Crippen LogP contribution in [0.4, 0.5) is 0 Å². The van der Waals surface area contributed by atoms with Gasteiger partial charge in [-0.15, -0.1) is 0 Å². The van der Waals surface area contributed by atoms with Gasteiger partial charge in [0.25, 0.3) is 0 Å². The fourth-order valence-corrected chi connectivity index (χ4v) is 2.86. The summed E-state index contributed by atoms with van der Waals surface area (Å²) in [5.41, 5.74) is -1.63. The van der Waals surface area contributed by atoms with Gasteiger partial charge >= 0.3 is 14.2 Å². The second-order valence-electron chi connectivity index (χ2n) is 7.85. The predicted molar refractivity (Wildman–Crippen MR) is 92.7 cm³/mol. The summed E-state index contributed by atoms with van der Waals surface area (Å²) in [5.74, 6) is 0. The Morgan fingerprint density at radius 1 is 0.571 bits per heavy atom. The summed E-state index contributed by atoms with van der Waals surface area (Å²) in [6.07, 6.45) is 0. The smallest absolute Gasteiger partial charge is 0.402 e. The number of alkyl halides is 2. The minimum atomic E-state index is -0.782. The standard InChI is InChI=1S/C13H24B2Br2O4/c1-9(2)10(3,4)19-14(18-9)13(16,17)15-20-11(5,6)12(7,8)21-15/h1-8H3. The van der Waals surface area contributed by atoms with Crippen molar-refractivity contribution in [3.05, 3.63) is 0 Å². The lowest BCUT2D eigenvalue weighted by Gasteiger charge is -2.32. The maximum atomic E-state index is 6.10. The fraction of sp³-hybridized carbons (Fsp3) is 1.00. The van der Waals surface area contributed by atoms with E-state index in [1.807, 2.05) is 55.4 Å². The maximum absolute atomic E-state index is 6.10. The first kappa shape index (κ1) is 18.3. The van der Waals surface area contributed by atoms with Crippen LogP contribution in [-0.2, 0) is 18.6 Å². The highest BCUT2D eigenvalue weighted by atomic mass is 79.9. The van der Waals surface area contributed by atoms with Crippen LogP contribution in [0, 0.1) is 0 Å². The Morgan fingerprint density at radius 2 is 0.762 bits per heavy atom. The molecule has 2 aliphatic rings. The second-order valence-corrected chi connectivity index (χ2v) is 11.5. The van der Waals surface area contributed by atoms with E-state index in [0.717, 1.165) is 0 Å². The first-order chi connectivity index (χ1) is 9.12. The molecule has 8 heteroatoms. The van der Waals surface area contributed by atoms with Gasteiger partial charge in [0.05, 0.1) is 22.4 Å². The Kier molecular flexibility index (Phi) is 4.32. The molecule has 0 atom stereocenters. The lowest BCUT2D eigenvalue weighted by molar-refractivity contribution is 0.00578. The Balaban J connectivity index is 2.22. The van der Waals surface area contributed by atoms with Gasteiger partial charge in [0, 0.05) is 0 Å². The molecule has 2 fully saturated rings. The third kappa shape index (κ3) is 2.89. The summed E-state index contributed by atoms with van der Waals surface area (Å²) in [5, 5.41) is 0. The molecule has 0 amide bonds. The summed E-state index contributed by atoms with van der Waals surface area (Å²) in [4.78, 5) is 0. The van der Waals surface area contributed by atoms with Crippen LogP contribution < -0.4 is 0 Å². The lowest BCUT2D eigenvalue weighted by Crippen LogP contribution is -2.52. The third-order valence-corrected chi connectivity index (χ3v) is 6.63. The average molecular weight is 426 g/mol. The number of rotatable bonds is 2. The highest BCUT2D eigenvalue weighted by Crippen LogP contribution is 2.49. The molecule has 21 heavy (non-hydrogen) atoms. The molecule has 0 radical (unpaired) electrons. The molecule has 0 spiro atoms. The molecular formula is C13H24B2Br2O4. The zero-order valence-corrected chi connectivity index (χ0v) is 17.2. The molecule has 2 rings (SSSR count). The molecule has 0 bridgehead atoms. The van der Waals surface area contributed by atoms with Crippen LogP contribution in [0.15, 0.2) is 0 Å². The van der Waals surface area contributed by atoms with E-state index in [0.29, 0.717) is 0 Å². The molecule has 2 heterocycles. The summed E-state index contributed by atoms with van der Waals surface area (Å²) in [6.45, 7) is 16.2. The molecule has 2 saturated heterocycles. The van der Waals surface area contributed by atoms with E-state index in [-0.39, 0.29) is 0 Å². The maximum Gasteiger partial charge on any atom is 0.484 e. The lowest BCUT2D eigenvalue weighted by atomic mass is 9.63. The first-order valence-corrected chi connectivity index (χ1v) is 8.80. The van der Waals surface area contributed by atoms with Crippen molar-refractivity contribution >= 4 is 46.1 Å². The van der Waals surface area contributed by atoms with Gasteiger partial charge in [0.1, 0.15) is 0 Å². The Hall–Kier alpha value is 0.930. The molecule has 0 aromatic carbocycles. The molecular weight excluding hydrogens is 402 g/mol. The van der Waals surface area contributed by atoms with Crippen molar-refractivity contribution in [2.45, 2.75) is 80.8 Å². The van der Waals surface area contributed by atoms with Crippen molar-refractivity contribution in [3.8, 4) is 0 Å². The molecule has 120 valence electrons. The number of halogens is 2. The van der Waals surface area contributed by atoms with E-state index in [1.54, 1.807) is 0 Å². The fourth-order valence-electron chi connectivity index (χ4n) is 2.11. The van der Waals surface area contributed by atoms with Gasteiger partial charge in [0.15, 0.2) is 3.03 Å². The molecule has 4 nitrogen and oxygen atoms in total. The van der Waals surface area contributed by atoms with Gasteiger partial charge in [-0.1, -0.05) is 31.9 Å². The Bertz CT molecular complexity index is 368. The molecule has 0 N–H and O–H groups in total. The van der Waals surface area contributed by atoms with Crippen LogP contribution in [-0.4, -0.2) is 39.7 Å². The average Bonchev–Trinajstić information content (AvgIpc) is 2.59. The highest BCUT2D eigenvalue weighted by molar-refractivity contribution is 9.27. The molecule has 2 aliphatic heterocycles. The van der Waals surface area contributed by atoms with Crippen LogP contribution in [0.2, 0.25) is 0 Å². The van der Waals surface area contributed by atoms with E-state index >= 15 is 0 Å². The van der Waals surface area contributed by atoms with Crippen LogP contribution in [0.25, 0.3) is 0 Å². The highest BCUT2D eigenvalue weighted by Gasteiger charge is 2.68. The number of hydrogen-bond donors (Lipinski definition) is 0. The van der Waals surface area contributed by atoms with E-state index in [9.17, 15) is 0 Å². The first-order valence-electron chi connectivity index (χ1n) is 7.21. The van der Waals surface area contributed by atoms with Gasteiger partial charge in [0.2, 0.25) is 0 Å². The molecule has 0 aromatic rings. The Morgan fingerprint density at radius 3 is 0.952 bits per heavy atom.